The molecule has 5 aromatic rings. The second kappa shape index (κ2) is 7.85. The normalized spacial score (nSPS) is 11.3. The summed E-state index contributed by atoms with van der Waals surface area (Å²) in [6, 6.07) is 23.9. The molecular formula is C25H17ClN2O3. The molecule has 0 unspecified atom stereocenters. The lowest BCUT2D eigenvalue weighted by Gasteiger charge is -2.14. The molecule has 0 bridgehead atoms. The van der Waals surface area contributed by atoms with Crippen LogP contribution in [-0.2, 0) is 13.0 Å². The summed E-state index contributed by atoms with van der Waals surface area (Å²) in [5.41, 5.74) is 1.26. The zero-order valence-electron chi connectivity index (χ0n) is 16.4. The average molecular weight is 429 g/mol. The highest BCUT2D eigenvalue weighted by molar-refractivity contribution is 6.33. The minimum atomic E-state index is -0.435. The fraction of sp³-hybridized carbons (Fsp3) is 0.0800. The second-order valence-corrected chi connectivity index (χ2v) is 7.62. The minimum Gasteiger partial charge on any atom is -0.437 e. The van der Waals surface area contributed by atoms with Crippen LogP contribution in [0.4, 0.5) is 0 Å². The van der Waals surface area contributed by atoms with E-state index >= 15 is 0 Å². The summed E-state index contributed by atoms with van der Waals surface area (Å²) in [7, 11) is 0. The lowest BCUT2D eigenvalue weighted by Crippen LogP contribution is -2.28. The summed E-state index contributed by atoms with van der Waals surface area (Å²) >= 11 is 6.43. The minimum absolute atomic E-state index is 0.0135. The maximum atomic E-state index is 13.5. The lowest BCUT2D eigenvalue weighted by molar-refractivity contribution is 0.623. The lowest BCUT2D eigenvalue weighted by atomic mass is 10.1. The van der Waals surface area contributed by atoms with E-state index in [0.29, 0.717) is 40.3 Å². The van der Waals surface area contributed by atoms with Gasteiger partial charge >= 0.3 is 0 Å². The van der Waals surface area contributed by atoms with E-state index in [1.165, 1.54) is 4.57 Å². The van der Waals surface area contributed by atoms with Gasteiger partial charge in [-0.3, -0.25) is 14.2 Å². The van der Waals surface area contributed by atoms with Crippen LogP contribution in [0.1, 0.15) is 5.56 Å². The van der Waals surface area contributed by atoms with Crippen LogP contribution in [0.5, 0.6) is 0 Å². The number of halogens is 1. The number of aromatic nitrogens is 2. The van der Waals surface area contributed by atoms with E-state index < -0.39 is 5.56 Å². The molecule has 0 atom stereocenters. The Bertz CT molecular complexity index is 1540. The van der Waals surface area contributed by atoms with Crippen molar-refractivity contribution in [2.45, 2.75) is 13.0 Å². The van der Waals surface area contributed by atoms with Crippen molar-refractivity contribution < 1.29 is 4.42 Å². The molecular weight excluding hydrogens is 412 g/mol. The van der Waals surface area contributed by atoms with E-state index in [0.717, 1.165) is 5.56 Å². The first kappa shape index (κ1) is 19.3. The van der Waals surface area contributed by atoms with Gasteiger partial charge in [0.15, 0.2) is 5.39 Å². The van der Waals surface area contributed by atoms with Crippen LogP contribution in [-0.4, -0.2) is 9.55 Å². The molecule has 0 fully saturated rings. The SMILES string of the molecule is O=c1c2ccccc2oc2nc(-c3ccccc3Cl)n(CCc3ccccc3)c(=O)c12. The highest BCUT2D eigenvalue weighted by Gasteiger charge is 2.20. The van der Waals surface area contributed by atoms with E-state index in [-0.39, 0.29) is 16.5 Å². The molecule has 0 amide bonds. The van der Waals surface area contributed by atoms with Crippen molar-refractivity contribution in [1.82, 2.24) is 9.55 Å². The molecule has 2 aromatic heterocycles. The third-order valence-electron chi connectivity index (χ3n) is 5.28. The van der Waals surface area contributed by atoms with Crippen LogP contribution in [0.2, 0.25) is 5.02 Å². The third-order valence-corrected chi connectivity index (χ3v) is 5.61. The quantitative estimate of drug-likeness (QED) is 0.375. The summed E-state index contributed by atoms with van der Waals surface area (Å²) in [5.74, 6) is 0.373. The average Bonchev–Trinajstić information content (AvgIpc) is 2.79. The van der Waals surface area contributed by atoms with Crippen molar-refractivity contribution >= 4 is 33.7 Å². The highest BCUT2D eigenvalue weighted by atomic mass is 35.5. The van der Waals surface area contributed by atoms with Gasteiger partial charge in [-0.15, -0.1) is 0 Å². The Hall–Kier alpha value is -3.70. The molecule has 152 valence electrons. The van der Waals surface area contributed by atoms with Crippen molar-refractivity contribution in [3.8, 4) is 11.4 Å². The van der Waals surface area contributed by atoms with Gasteiger partial charge in [0.2, 0.25) is 11.1 Å². The molecule has 0 saturated carbocycles. The van der Waals surface area contributed by atoms with E-state index in [9.17, 15) is 9.59 Å². The molecule has 0 saturated heterocycles. The maximum Gasteiger partial charge on any atom is 0.269 e. The fourth-order valence-electron chi connectivity index (χ4n) is 3.73. The topological polar surface area (TPSA) is 65.1 Å². The van der Waals surface area contributed by atoms with Crippen LogP contribution < -0.4 is 11.0 Å². The van der Waals surface area contributed by atoms with Crippen molar-refractivity contribution in [1.29, 1.82) is 0 Å². The van der Waals surface area contributed by atoms with E-state index in [1.54, 1.807) is 36.4 Å². The number of aryl methyl sites for hydroxylation is 1. The summed E-state index contributed by atoms with van der Waals surface area (Å²) in [6.07, 6.45) is 0.601. The molecule has 0 aliphatic rings. The number of benzene rings is 3. The predicted molar refractivity (Wildman–Crippen MR) is 123 cm³/mol. The van der Waals surface area contributed by atoms with E-state index in [2.05, 4.69) is 4.98 Å². The van der Waals surface area contributed by atoms with Crippen molar-refractivity contribution in [2.24, 2.45) is 0 Å². The van der Waals surface area contributed by atoms with E-state index in [4.69, 9.17) is 16.0 Å². The molecule has 0 aliphatic heterocycles. The molecule has 0 aliphatic carbocycles. The third kappa shape index (κ3) is 3.43. The molecule has 0 radical (unpaired) electrons. The Morgan fingerprint density at radius 3 is 2.39 bits per heavy atom. The first-order chi connectivity index (χ1) is 15.1. The van der Waals surface area contributed by atoms with E-state index in [1.807, 2.05) is 42.5 Å². The zero-order chi connectivity index (χ0) is 21.4. The van der Waals surface area contributed by atoms with Gasteiger partial charge in [0.1, 0.15) is 11.4 Å². The maximum absolute atomic E-state index is 13.5. The summed E-state index contributed by atoms with van der Waals surface area (Å²) in [5, 5.41) is 0.766. The first-order valence-electron chi connectivity index (χ1n) is 9.89. The van der Waals surface area contributed by atoms with Gasteiger partial charge in [0.05, 0.1) is 10.4 Å². The van der Waals surface area contributed by atoms with Crippen LogP contribution in [0.3, 0.4) is 0 Å². The first-order valence-corrected chi connectivity index (χ1v) is 10.3. The molecule has 0 spiro atoms. The molecule has 3 aromatic carbocycles. The van der Waals surface area contributed by atoms with Crippen LogP contribution in [0.15, 0.2) is 92.9 Å². The van der Waals surface area contributed by atoms with Gasteiger partial charge in [-0.2, -0.15) is 4.98 Å². The van der Waals surface area contributed by atoms with Crippen LogP contribution >= 0.6 is 11.6 Å². The smallest absolute Gasteiger partial charge is 0.269 e. The monoisotopic (exact) mass is 428 g/mol. The Labute approximate surface area is 182 Å². The van der Waals surface area contributed by atoms with Crippen molar-refractivity contribution in [3.05, 3.63) is 110 Å². The molecule has 6 heteroatoms. The Morgan fingerprint density at radius 2 is 1.58 bits per heavy atom. The Morgan fingerprint density at radius 1 is 0.871 bits per heavy atom. The molecule has 2 heterocycles. The van der Waals surface area contributed by atoms with Gasteiger partial charge < -0.3 is 4.42 Å². The number of para-hydroxylation sites is 1. The van der Waals surface area contributed by atoms with Gasteiger partial charge in [-0.05, 0) is 36.2 Å². The number of hydrogen-bond donors (Lipinski definition) is 0. The Kier molecular flexibility index (Phi) is 4.88. The van der Waals surface area contributed by atoms with Crippen molar-refractivity contribution in [3.63, 3.8) is 0 Å². The van der Waals surface area contributed by atoms with Crippen LogP contribution in [0, 0.1) is 0 Å². The fourth-order valence-corrected chi connectivity index (χ4v) is 3.95. The highest BCUT2D eigenvalue weighted by Crippen LogP contribution is 2.27. The summed E-state index contributed by atoms with van der Waals surface area (Å²) < 4.78 is 7.38. The largest absolute Gasteiger partial charge is 0.437 e. The summed E-state index contributed by atoms with van der Waals surface area (Å²) in [4.78, 5) is 31.3. The number of fused-ring (bicyclic) bond motifs is 2. The summed E-state index contributed by atoms with van der Waals surface area (Å²) in [6.45, 7) is 0.346. The van der Waals surface area contributed by atoms with Crippen molar-refractivity contribution in [2.75, 3.05) is 0 Å². The number of nitrogens with zero attached hydrogens (tertiary/aromatic N) is 2. The predicted octanol–water partition coefficient (Wildman–Crippen LogP) is 5.07. The molecule has 31 heavy (non-hydrogen) atoms. The number of rotatable bonds is 4. The number of hydrogen-bond acceptors (Lipinski definition) is 4. The molecule has 0 N–H and O–H groups in total. The zero-order valence-corrected chi connectivity index (χ0v) is 17.2. The van der Waals surface area contributed by atoms with Gasteiger partial charge in [-0.1, -0.05) is 66.2 Å². The Balaban J connectivity index is 1.80. The van der Waals surface area contributed by atoms with Gasteiger partial charge in [0.25, 0.3) is 5.56 Å². The standard InChI is InChI=1S/C25H17ClN2O3/c26-19-12-6-4-10-17(19)23-27-24-21(22(29)18-11-5-7-13-20(18)31-24)25(30)28(23)15-14-16-8-2-1-3-9-16/h1-13H,14-15H2. The second-order valence-electron chi connectivity index (χ2n) is 7.22. The van der Waals surface area contributed by atoms with Gasteiger partial charge in [-0.25, -0.2) is 0 Å². The molecule has 5 rings (SSSR count). The van der Waals surface area contributed by atoms with Gasteiger partial charge in [0, 0.05) is 12.1 Å². The van der Waals surface area contributed by atoms with Crippen LogP contribution in [0.25, 0.3) is 33.5 Å². The molecule has 5 nitrogen and oxygen atoms in total.